The highest BCUT2D eigenvalue weighted by Crippen LogP contribution is 2.72. The van der Waals surface area contributed by atoms with Crippen LogP contribution in [0, 0.1) is 39.9 Å². The lowest BCUT2D eigenvalue weighted by atomic mass is 9.43. The Bertz CT molecular complexity index is 1740. The molecule has 3 saturated carbocycles. The Hall–Kier alpha value is -1.12. The van der Waals surface area contributed by atoms with Crippen LogP contribution in [0.2, 0.25) is 5.22 Å². The first kappa shape index (κ1) is 38.1. The maximum Gasteiger partial charge on any atom is 0.397 e. The van der Waals surface area contributed by atoms with E-state index in [1.54, 1.807) is 13.2 Å². The molecule has 3 fully saturated rings. The molecule has 0 amide bonds. The molecule has 0 aromatic carbocycles. The second kappa shape index (κ2) is 12.8. The fourth-order valence-corrected chi connectivity index (χ4v) is 12.1. The molecule has 0 aliphatic heterocycles. The molecule has 0 bridgehead atoms. The number of aliphatic hydroxyl groups is 1. The van der Waals surface area contributed by atoms with E-state index in [-0.39, 0.29) is 36.0 Å². The molecule has 4 N–H and O–H groups in total. The summed E-state index contributed by atoms with van der Waals surface area (Å²) in [4.78, 5) is 0. The number of hydrogen-bond donors (Lipinski definition) is 4. The van der Waals surface area contributed by atoms with Gasteiger partial charge >= 0.3 is 31.2 Å². The number of aliphatic hydroxyl groups excluding tert-OH is 1. The van der Waals surface area contributed by atoms with E-state index in [1.807, 2.05) is 12.1 Å². The number of fused-ring (bicyclic) bond motifs is 5. The Kier molecular flexibility index (Phi) is 10.2. The van der Waals surface area contributed by atoms with Crippen LogP contribution in [-0.2, 0) is 43.7 Å². The van der Waals surface area contributed by atoms with E-state index in [9.17, 15) is 44.0 Å². The van der Waals surface area contributed by atoms with Gasteiger partial charge in [0, 0.05) is 11.5 Å². The van der Waals surface area contributed by atoms with E-state index in [4.69, 9.17) is 24.4 Å². The zero-order valence-corrected chi connectivity index (χ0v) is 30.6. The number of hydrogen-bond acceptors (Lipinski definition) is 11. The predicted molar refractivity (Wildman–Crippen MR) is 172 cm³/mol. The van der Waals surface area contributed by atoms with Crippen molar-refractivity contribution in [2.75, 3.05) is 0 Å². The van der Waals surface area contributed by atoms with Crippen LogP contribution < -0.4 is 0 Å². The van der Waals surface area contributed by atoms with Crippen molar-refractivity contribution in [1.29, 1.82) is 0 Å². The van der Waals surface area contributed by atoms with Crippen molar-refractivity contribution in [3.8, 4) is 0 Å². The van der Waals surface area contributed by atoms with Crippen LogP contribution in [0.3, 0.4) is 0 Å². The summed E-state index contributed by atoms with van der Waals surface area (Å²) in [7, 11) is -15.6. The Morgan fingerprint density at radius 2 is 1.54 bits per heavy atom. The van der Waals surface area contributed by atoms with Crippen molar-refractivity contribution in [3.63, 3.8) is 0 Å². The first-order valence-corrected chi connectivity index (χ1v) is 20.5. The van der Waals surface area contributed by atoms with Crippen LogP contribution in [0.5, 0.6) is 0 Å². The minimum absolute atomic E-state index is 0.0224. The smallest absolute Gasteiger partial charge is 0.397 e. The Morgan fingerprint density at radius 1 is 0.938 bits per heavy atom. The third-order valence-electron chi connectivity index (χ3n) is 12.6. The first-order chi connectivity index (χ1) is 21.9. The second-order valence-corrected chi connectivity index (χ2v) is 18.5. The molecule has 0 unspecified atom stereocenters. The number of halogens is 1. The molecule has 1 aromatic heterocycles. The Labute approximate surface area is 287 Å². The summed E-state index contributed by atoms with van der Waals surface area (Å²) >= 11 is 6.22. The standard InChI is InChI=1S/C30H45ClO14S3/c1-16(18-10-13-42-27(18)31)6-7-17(2)19-8-11-30(5)21-14-22(43-46(33,34)35)24-25(32)26(45-48(39,40)41)23(44-47(36,37)38)15-28(24,3)20(21)9-12-29(19,30)4/h9-10,13,16-17,19,21-26,32H,6-8,11-12,14-15H2,1-5H3,(H,33,34,35)(H,36,37,38)(H,39,40,41)/t16-,17-,19-,21-,22+,23+,24-,25-,26-,28-,29-,30+/m1/s1. The van der Waals surface area contributed by atoms with Crippen LogP contribution in [0.4, 0.5) is 0 Å². The highest BCUT2D eigenvalue weighted by molar-refractivity contribution is 7.81. The summed E-state index contributed by atoms with van der Waals surface area (Å²) in [6, 6.07) is 1.88. The van der Waals surface area contributed by atoms with Crippen molar-refractivity contribution in [3.05, 3.63) is 34.8 Å². The highest BCUT2D eigenvalue weighted by atomic mass is 35.5. The van der Waals surface area contributed by atoms with Crippen LogP contribution in [0.1, 0.15) is 91.0 Å². The predicted octanol–water partition coefficient (Wildman–Crippen LogP) is 5.18. The maximum atomic E-state index is 12.2. The lowest BCUT2D eigenvalue weighted by molar-refractivity contribution is -0.179. The molecule has 5 rings (SSSR count). The van der Waals surface area contributed by atoms with Crippen LogP contribution in [0.15, 0.2) is 28.4 Å². The summed E-state index contributed by atoms with van der Waals surface area (Å²) in [5.41, 5.74) is -0.248. The lowest BCUT2D eigenvalue weighted by Gasteiger charge is -2.63. The van der Waals surface area contributed by atoms with Gasteiger partial charge in [-0.2, -0.15) is 25.3 Å². The van der Waals surface area contributed by atoms with Crippen molar-refractivity contribution >= 4 is 42.8 Å². The van der Waals surface area contributed by atoms with Crippen LogP contribution >= 0.6 is 11.6 Å². The van der Waals surface area contributed by atoms with Gasteiger partial charge in [-0.15, -0.1) is 0 Å². The summed E-state index contributed by atoms with van der Waals surface area (Å²) in [5, 5.41) is 12.0. The normalized spacial score (nSPS) is 40.0. The van der Waals surface area contributed by atoms with Crippen molar-refractivity contribution in [1.82, 2.24) is 0 Å². The summed E-state index contributed by atoms with van der Waals surface area (Å²) in [5.74, 6) is -0.856. The number of allylic oxidation sites excluding steroid dienone is 2. The first-order valence-electron chi connectivity index (χ1n) is 16.0. The van der Waals surface area contributed by atoms with E-state index in [2.05, 4.69) is 31.9 Å². The fraction of sp³-hybridized carbons (Fsp3) is 0.800. The van der Waals surface area contributed by atoms with Gasteiger partial charge < -0.3 is 9.52 Å². The van der Waals surface area contributed by atoms with Crippen LogP contribution in [0.25, 0.3) is 0 Å². The molecule has 1 heterocycles. The maximum absolute atomic E-state index is 12.2. The molecule has 0 saturated heterocycles. The topological polar surface area (TPSA) is 224 Å². The minimum atomic E-state index is -5.30. The Morgan fingerprint density at radius 3 is 2.10 bits per heavy atom. The van der Waals surface area contributed by atoms with Crippen molar-refractivity contribution < 1.29 is 61.0 Å². The van der Waals surface area contributed by atoms with Gasteiger partial charge in [-0.1, -0.05) is 46.3 Å². The summed E-state index contributed by atoms with van der Waals surface area (Å²) < 4.78 is 120. The second-order valence-electron chi connectivity index (χ2n) is 15.0. The molecule has 1 aromatic rings. The lowest BCUT2D eigenvalue weighted by Crippen LogP contribution is -2.65. The molecule has 12 atom stereocenters. The monoisotopic (exact) mass is 760 g/mol. The molecule has 18 heteroatoms. The van der Waals surface area contributed by atoms with Crippen molar-refractivity contribution in [2.45, 2.75) is 110 Å². The number of rotatable bonds is 11. The van der Waals surface area contributed by atoms with Gasteiger partial charge in [0.15, 0.2) is 5.22 Å². The van der Waals surface area contributed by atoms with Gasteiger partial charge in [0.05, 0.1) is 18.5 Å². The summed E-state index contributed by atoms with van der Waals surface area (Å²) in [6.07, 6.45) is 0.0620. The molecule has 48 heavy (non-hydrogen) atoms. The van der Waals surface area contributed by atoms with Gasteiger partial charge in [-0.3, -0.25) is 13.7 Å². The SMILES string of the molecule is C[C@H](CC[C@@H](C)[C@H]1CC[C@@]2(C)[C@@H]3C[C@H](OS(=O)(=O)O)[C@@H]4[C@@H](O)[C@H](OS(=O)(=O)O)[C@@H](OS(=O)(=O)O)C[C@]4(C)C3=CC[C@]12C)c1ccoc1Cl. The fourth-order valence-electron chi connectivity index (χ4n) is 10.3. The zero-order chi connectivity index (χ0) is 35.8. The third kappa shape index (κ3) is 7.03. The zero-order valence-electron chi connectivity index (χ0n) is 27.4. The Balaban J connectivity index is 1.52. The largest absolute Gasteiger partial charge is 0.453 e. The molecule has 0 spiro atoms. The van der Waals surface area contributed by atoms with Crippen LogP contribution in [-0.4, -0.2) is 68.4 Å². The highest BCUT2D eigenvalue weighted by Gasteiger charge is 2.68. The quantitative estimate of drug-likeness (QED) is 0.169. The van der Waals surface area contributed by atoms with E-state index >= 15 is 0 Å². The molecule has 4 aliphatic carbocycles. The number of furan rings is 1. The average molecular weight is 761 g/mol. The summed E-state index contributed by atoms with van der Waals surface area (Å²) in [6.45, 7) is 10.4. The minimum Gasteiger partial charge on any atom is -0.453 e. The molecule has 274 valence electrons. The molecule has 0 radical (unpaired) electrons. The third-order valence-corrected chi connectivity index (χ3v) is 14.3. The molecular formula is C30H45ClO14S3. The van der Waals surface area contributed by atoms with Gasteiger partial charge in [-0.05, 0) is 103 Å². The molecule has 14 nitrogen and oxygen atoms in total. The van der Waals surface area contributed by atoms with E-state index in [0.717, 1.165) is 36.8 Å². The van der Waals surface area contributed by atoms with Gasteiger partial charge in [-0.25, -0.2) is 12.5 Å². The van der Waals surface area contributed by atoms with Gasteiger partial charge in [0.2, 0.25) is 0 Å². The van der Waals surface area contributed by atoms with Crippen molar-refractivity contribution in [2.24, 2.45) is 39.9 Å². The van der Waals surface area contributed by atoms with E-state index in [1.165, 1.54) is 0 Å². The van der Waals surface area contributed by atoms with E-state index < -0.39 is 72.4 Å². The van der Waals surface area contributed by atoms with E-state index in [0.29, 0.717) is 17.6 Å². The molecular weight excluding hydrogens is 716 g/mol. The average Bonchev–Trinajstić information content (AvgIpc) is 3.47. The van der Waals surface area contributed by atoms with Gasteiger partial charge in [0.25, 0.3) is 0 Å². The molecule has 4 aliphatic rings. The van der Waals surface area contributed by atoms with Gasteiger partial charge in [0.1, 0.15) is 12.2 Å².